The minimum atomic E-state index is 0.694. The SMILES string of the molecule is Cc1cc(-c2nc3cc4c(cc3[nH]2)OCCCO4)sc1C. The number of hydrogen-bond acceptors (Lipinski definition) is 4. The fraction of sp³-hybridized carbons (Fsp3) is 0.312. The van der Waals surface area contributed by atoms with Crippen LogP contribution in [0.1, 0.15) is 16.9 Å². The van der Waals surface area contributed by atoms with E-state index in [1.165, 1.54) is 15.3 Å². The van der Waals surface area contributed by atoms with Crippen molar-refractivity contribution >= 4 is 22.4 Å². The van der Waals surface area contributed by atoms with E-state index in [2.05, 4.69) is 24.9 Å². The van der Waals surface area contributed by atoms with Gasteiger partial charge in [0.2, 0.25) is 0 Å². The topological polar surface area (TPSA) is 47.1 Å². The molecule has 3 heterocycles. The molecule has 0 atom stereocenters. The molecule has 0 amide bonds. The molecule has 1 N–H and O–H groups in total. The van der Waals surface area contributed by atoms with Crippen molar-refractivity contribution < 1.29 is 9.47 Å². The Bertz CT molecular complexity index is 757. The van der Waals surface area contributed by atoms with E-state index in [1.54, 1.807) is 11.3 Å². The van der Waals surface area contributed by atoms with E-state index < -0.39 is 0 Å². The monoisotopic (exact) mass is 300 g/mol. The molecule has 0 fully saturated rings. The summed E-state index contributed by atoms with van der Waals surface area (Å²) in [5, 5.41) is 0. The summed E-state index contributed by atoms with van der Waals surface area (Å²) in [7, 11) is 0. The minimum Gasteiger partial charge on any atom is -0.489 e. The molecule has 4 rings (SSSR count). The second-order valence-corrected chi connectivity index (χ2v) is 6.56. The molecule has 0 spiro atoms. The van der Waals surface area contributed by atoms with E-state index in [-0.39, 0.29) is 0 Å². The molecule has 21 heavy (non-hydrogen) atoms. The van der Waals surface area contributed by atoms with Crippen molar-refractivity contribution in [1.82, 2.24) is 9.97 Å². The Morgan fingerprint density at radius 2 is 1.86 bits per heavy atom. The summed E-state index contributed by atoms with van der Waals surface area (Å²) >= 11 is 1.76. The number of aromatic amines is 1. The molecule has 0 saturated carbocycles. The first-order valence-corrected chi connectivity index (χ1v) is 7.89. The normalized spacial score (nSPS) is 14.4. The van der Waals surface area contributed by atoms with Crippen molar-refractivity contribution in [2.24, 2.45) is 0 Å². The molecule has 0 saturated heterocycles. The van der Waals surface area contributed by atoms with Gasteiger partial charge in [-0.2, -0.15) is 0 Å². The fourth-order valence-corrected chi connectivity index (χ4v) is 3.45. The average Bonchev–Trinajstić information content (AvgIpc) is 2.93. The highest BCUT2D eigenvalue weighted by molar-refractivity contribution is 7.15. The molecule has 2 aromatic heterocycles. The van der Waals surface area contributed by atoms with Crippen LogP contribution in [0.3, 0.4) is 0 Å². The van der Waals surface area contributed by atoms with Gasteiger partial charge in [0, 0.05) is 23.4 Å². The van der Waals surface area contributed by atoms with Gasteiger partial charge in [-0.3, -0.25) is 0 Å². The molecule has 0 unspecified atom stereocenters. The fourth-order valence-electron chi connectivity index (χ4n) is 2.47. The Hall–Kier alpha value is -2.01. The number of hydrogen-bond donors (Lipinski definition) is 1. The quantitative estimate of drug-likeness (QED) is 0.737. The second-order valence-electron chi connectivity index (χ2n) is 5.30. The van der Waals surface area contributed by atoms with Crippen molar-refractivity contribution in [3.63, 3.8) is 0 Å². The summed E-state index contributed by atoms with van der Waals surface area (Å²) in [6.45, 7) is 5.65. The number of fused-ring (bicyclic) bond motifs is 2. The number of H-pyrrole nitrogens is 1. The first-order valence-electron chi connectivity index (χ1n) is 7.07. The molecule has 3 aromatic rings. The lowest BCUT2D eigenvalue weighted by atomic mass is 10.3. The molecule has 1 aliphatic rings. The zero-order valence-electron chi connectivity index (χ0n) is 12.0. The zero-order valence-corrected chi connectivity index (χ0v) is 12.8. The van der Waals surface area contributed by atoms with Gasteiger partial charge >= 0.3 is 0 Å². The zero-order chi connectivity index (χ0) is 14.4. The number of nitrogens with zero attached hydrogens (tertiary/aromatic N) is 1. The van der Waals surface area contributed by atoms with E-state index in [0.717, 1.165) is 34.8 Å². The van der Waals surface area contributed by atoms with Gasteiger partial charge in [0.05, 0.1) is 29.1 Å². The number of benzene rings is 1. The summed E-state index contributed by atoms with van der Waals surface area (Å²) in [6.07, 6.45) is 0.912. The highest BCUT2D eigenvalue weighted by Gasteiger charge is 2.15. The average molecular weight is 300 g/mol. The van der Waals surface area contributed by atoms with Crippen LogP contribution in [0.4, 0.5) is 0 Å². The van der Waals surface area contributed by atoms with Gasteiger partial charge in [0.15, 0.2) is 11.5 Å². The van der Waals surface area contributed by atoms with Crippen molar-refractivity contribution in [2.75, 3.05) is 13.2 Å². The number of rotatable bonds is 1. The van der Waals surface area contributed by atoms with E-state index in [1.807, 2.05) is 12.1 Å². The summed E-state index contributed by atoms with van der Waals surface area (Å²) in [4.78, 5) is 10.6. The van der Waals surface area contributed by atoms with Crippen LogP contribution in [-0.4, -0.2) is 23.2 Å². The van der Waals surface area contributed by atoms with Crippen LogP contribution in [0.2, 0.25) is 0 Å². The number of thiophene rings is 1. The van der Waals surface area contributed by atoms with Crippen molar-refractivity contribution in [3.8, 4) is 22.2 Å². The molecule has 108 valence electrons. The molecule has 4 nitrogen and oxygen atoms in total. The third-order valence-electron chi connectivity index (χ3n) is 3.75. The molecule has 5 heteroatoms. The smallest absolute Gasteiger partial charge is 0.163 e. The van der Waals surface area contributed by atoms with Crippen LogP contribution < -0.4 is 9.47 Å². The van der Waals surface area contributed by atoms with Gasteiger partial charge in [0.25, 0.3) is 0 Å². The lowest BCUT2D eigenvalue weighted by Gasteiger charge is -2.05. The van der Waals surface area contributed by atoms with Gasteiger partial charge in [-0.05, 0) is 25.5 Å². The maximum Gasteiger partial charge on any atom is 0.163 e. The summed E-state index contributed by atoms with van der Waals surface area (Å²) < 4.78 is 11.4. The Kier molecular flexibility index (Phi) is 2.89. The van der Waals surface area contributed by atoms with Gasteiger partial charge in [0.1, 0.15) is 5.82 Å². The number of nitrogens with one attached hydrogen (secondary N) is 1. The number of aromatic nitrogens is 2. The molecule has 0 bridgehead atoms. The summed E-state index contributed by atoms with van der Waals surface area (Å²) in [5.74, 6) is 2.50. The van der Waals surface area contributed by atoms with Gasteiger partial charge < -0.3 is 14.5 Å². The van der Waals surface area contributed by atoms with Gasteiger partial charge in [-0.25, -0.2) is 4.98 Å². The standard InChI is InChI=1S/C16H16N2O2S/c1-9-6-15(21-10(9)2)16-17-11-7-13-14(8-12(11)18-16)20-5-3-4-19-13/h6-8H,3-5H2,1-2H3,(H,17,18). The maximum absolute atomic E-state index is 5.72. The first kappa shape index (κ1) is 12.7. The van der Waals surface area contributed by atoms with Crippen LogP contribution in [0.15, 0.2) is 18.2 Å². The molecule has 0 aliphatic carbocycles. The summed E-state index contributed by atoms with van der Waals surface area (Å²) in [6, 6.07) is 6.12. The van der Waals surface area contributed by atoms with Crippen LogP contribution in [0, 0.1) is 13.8 Å². The van der Waals surface area contributed by atoms with Crippen LogP contribution in [0.5, 0.6) is 11.5 Å². The molecular weight excluding hydrogens is 284 g/mol. The van der Waals surface area contributed by atoms with E-state index >= 15 is 0 Å². The van der Waals surface area contributed by atoms with E-state index in [9.17, 15) is 0 Å². The van der Waals surface area contributed by atoms with Crippen LogP contribution in [0.25, 0.3) is 21.7 Å². The Morgan fingerprint density at radius 3 is 2.57 bits per heavy atom. The summed E-state index contributed by atoms with van der Waals surface area (Å²) in [5.41, 5.74) is 3.20. The maximum atomic E-state index is 5.72. The van der Waals surface area contributed by atoms with Crippen LogP contribution in [-0.2, 0) is 0 Å². The van der Waals surface area contributed by atoms with Gasteiger partial charge in [-0.15, -0.1) is 11.3 Å². The van der Waals surface area contributed by atoms with Crippen molar-refractivity contribution in [1.29, 1.82) is 0 Å². The predicted molar refractivity (Wildman–Crippen MR) is 84.5 cm³/mol. The molecule has 1 aliphatic heterocycles. The lowest BCUT2D eigenvalue weighted by Crippen LogP contribution is -1.97. The van der Waals surface area contributed by atoms with Crippen molar-refractivity contribution in [2.45, 2.75) is 20.3 Å². The highest BCUT2D eigenvalue weighted by atomic mass is 32.1. The Labute approximate surface area is 126 Å². The molecule has 1 aromatic carbocycles. The predicted octanol–water partition coefficient (Wildman–Crippen LogP) is 4.07. The molecular formula is C16H16N2O2S. The van der Waals surface area contributed by atoms with E-state index in [4.69, 9.17) is 14.5 Å². The number of ether oxygens (including phenoxy) is 2. The van der Waals surface area contributed by atoms with Crippen LogP contribution >= 0.6 is 11.3 Å². The van der Waals surface area contributed by atoms with Crippen molar-refractivity contribution in [3.05, 3.63) is 28.6 Å². The molecule has 0 radical (unpaired) electrons. The Morgan fingerprint density at radius 1 is 1.10 bits per heavy atom. The third-order valence-corrected chi connectivity index (χ3v) is 4.91. The van der Waals surface area contributed by atoms with E-state index in [0.29, 0.717) is 13.2 Å². The second kappa shape index (κ2) is 4.77. The largest absolute Gasteiger partial charge is 0.489 e. The lowest BCUT2D eigenvalue weighted by molar-refractivity contribution is 0.297. The minimum absolute atomic E-state index is 0.694. The number of imidazole rings is 1. The first-order chi connectivity index (χ1) is 10.2. The Balaban J connectivity index is 1.83. The highest BCUT2D eigenvalue weighted by Crippen LogP contribution is 2.36. The van der Waals surface area contributed by atoms with Gasteiger partial charge in [-0.1, -0.05) is 0 Å². The third kappa shape index (κ3) is 2.17. The number of aryl methyl sites for hydroxylation is 2.